The third-order valence-corrected chi connectivity index (χ3v) is 5.26. The van der Waals surface area contributed by atoms with E-state index < -0.39 is 0 Å². The molecule has 0 radical (unpaired) electrons. The van der Waals surface area contributed by atoms with Crippen molar-refractivity contribution in [2.75, 3.05) is 18.0 Å². The third-order valence-electron chi connectivity index (χ3n) is 5.26. The van der Waals surface area contributed by atoms with Crippen molar-refractivity contribution in [1.29, 1.82) is 0 Å². The van der Waals surface area contributed by atoms with Crippen LogP contribution in [0.1, 0.15) is 38.4 Å². The number of aliphatic hydroxyl groups excluding tert-OH is 1. The fraction of sp³-hybridized carbons (Fsp3) is 0.360. The van der Waals surface area contributed by atoms with Gasteiger partial charge < -0.3 is 14.7 Å². The van der Waals surface area contributed by atoms with Gasteiger partial charge in [0.1, 0.15) is 6.10 Å². The van der Waals surface area contributed by atoms with Crippen molar-refractivity contribution in [2.45, 2.75) is 46.3 Å². The van der Waals surface area contributed by atoms with Gasteiger partial charge in [0.05, 0.1) is 30.2 Å². The van der Waals surface area contributed by atoms with Gasteiger partial charge in [-0.05, 0) is 44.7 Å². The van der Waals surface area contributed by atoms with E-state index in [1.807, 2.05) is 44.2 Å². The summed E-state index contributed by atoms with van der Waals surface area (Å²) >= 11 is 0. The lowest BCUT2D eigenvalue weighted by Crippen LogP contribution is -2.24. The van der Waals surface area contributed by atoms with Gasteiger partial charge in [-0.2, -0.15) is 0 Å². The molecule has 0 amide bonds. The molecule has 1 aromatic carbocycles. The molecule has 1 fully saturated rings. The number of aliphatic imine (C=N–C) groups is 1. The summed E-state index contributed by atoms with van der Waals surface area (Å²) in [6.07, 6.45) is 5.68. The van der Waals surface area contributed by atoms with Crippen LogP contribution in [-0.4, -0.2) is 36.0 Å². The molecule has 1 N–H and O–H groups in total. The molecule has 3 rings (SSSR count). The van der Waals surface area contributed by atoms with E-state index in [0.717, 1.165) is 42.9 Å². The first-order valence-corrected chi connectivity index (χ1v) is 10.5. The second-order valence-corrected chi connectivity index (χ2v) is 7.71. The van der Waals surface area contributed by atoms with Gasteiger partial charge in [-0.25, -0.2) is 9.98 Å². The van der Waals surface area contributed by atoms with E-state index in [1.165, 1.54) is 11.1 Å². The highest BCUT2D eigenvalue weighted by Gasteiger charge is 2.26. The molecule has 30 heavy (non-hydrogen) atoms. The van der Waals surface area contributed by atoms with E-state index in [2.05, 4.69) is 41.7 Å². The normalized spacial score (nSPS) is 16.5. The lowest BCUT2D eigenvalue weighted by molar-refractivity contribution is 0.133. The zero-order valence-electron chi connectivity index (χ0n) is 18.1. The first kappa shape index (κ1) is 21.8. The minimum atomic E-state index is -0.0978. The molecule has 158 valence electrons. The number of aryl methyl sites for hydroxylation is 1. The Morgan fingerprint density at radius 1 is 1.27 bits per heavy atom. The molecule has 0 unspecified atom stereocenters. The first-order valence-electron chi connectivity index (χ1n) is 10.5. The summed E-state index contributed by atoms with van der Waals surface area (Å²) in [5.41, 5.74) is 6.11. The molecule has 0 saturated carbocycles. The Hall–Kier alpha value is -2.92. The lowest BCUT2D eigenvalue weighted by Gasteiger charge is -2.22. The monoisotopic (exact) mass is 405 g/mol. The highest BCUT2D eigenvalue weighted by atomic mass is 16.5. The Balaban J connectivity index is 1.77. The number of rotatable bonds is 8. The molecule has 2 aromatic rings. The summed E-state index contributed by atoms with van der Waals surface area (Å²) in [7, 11) is 0. The fourth-order valence-corrected chi connectivity index (χ4v) is 3.71. The van der Waals surface area contributed by atoms with Gasteiger partial charge in [-0.1, -0.05) is 42.8 Å². The van der Waals surface area contributed by atoms with Crippen LogP contribution in [0.3, 0.4) is 0 Å². The van der Waals surface area contributed by atoms with E-state index in [-0.39, 0.29) is 12.7 Å². The number of pyridine rings is 1. The van der Waals surface area contributed by atoms with Crippen LogP contribution in [0, 0.1) is 0 Å². The van der Waals surface area contributed by atoms with Gasteiger partial charge >= 0.3 is 0 Å². The number of aromatic nitrogens is 1. The van der Waals surface area contributed by atoms with Crippen LogP contribution >= 0.6 is 0 Å². The van der Waals surface area contributed by atoms with Crippen LogP contribution in [0.25, 0.3) is 11.3 Å². The number of hydrogen-bond donors (Lipinski definition) is 1. The molecule has 5 heteroatoms. The van der Waals surface area contributed by atoms with Gasteiger partial charge in [-0.15, -0.1) is 0 Å². The molecular weight excluding hydrogens is 374 g/mol. The second-order valence-electron chi connectivity index (χ2n) is 7.71. The van der Waals surface area contributed by atoms with Gasteiger partial charge in [0.2, 0.25) is 5.88 Å². The van der Waals surface area contributed by atoms with Crippen LogP contribution in [0.2, 0.25) is 0 Å². The van der Waals surface area contributed by atoms with Crippen molar-refractivity contribution < 1.29 is 9.84 Å². The fourth-order valence-electron chi connectivity index (χ4n) is 3.71. The standard InChI is InChI=1S/C25H31N3O2/c1-5-19-8-6-7-9-21(19)22-11-12-24(23(17-29)27-22)28-15-14-20(16-28)30-25(26-4)13-10-18(2)3/h6-13,20,29H,4-5,14-17H2,1-3H3/b25-13+/t20-/m0/s1. The maximum Gasteiger partial charge on any atom is 0.212 e. The van der Waals surface area contributed by atoms with E-state index in [9.17, 15) is 5.11 Å². The van der Waals surface area contributed by atoms with Crippen molar-refractivity contribution in [3.05, 3.63) is 71.3 Å². The molecule has 2 heterocycles. The van der Waals surface area contributed by atoms with Crippen molar-refractivity contribution in [3.63, 3.8) is 0 Å². The number of nitrogens with zero attached hydrogens (tertiary/aromatic N) is 3. The average Bonchev–Trinajstić information content (AvgIpc) is 3.24. The largest absolute Gasteiger partial charge is 0.472 e. The number of benzene rings is 1. The minimum absolute atomic E-state index is 0.0272. The van der Waals surface area contributed by atoms with Crippen LogP contribution in [0.15, 0.2) is 65.0 Å². The van der Waals surface area contributed by atoms with Crippen LogP contribution in [0.5, 0.6) is 0 Å². The SMILES string of the molecule is C=N/C(=C\C=C(C)C)O[C@H]1CCN(c2ccc(-c3ccccc3CC)nc2CO)C1. The number of hydrogen-bond acceptors (Lipinski definition) is 5. The smallest absolute Gasteiger partial charge is 0.212 e. The van der Waals surface area contributed by atoms with Crippen molar-refractivity contribution >= 4 is 12.4 Å². The Kier molecular flexibility index (Phi) is 7.41. The molecule has 0 bridgehead atoms. The van der Waals surface area contributed by atoms with Crippen LogP contribution in [-0.2, 0) is 17.8 Å². The van der Waals surface area contributed by atoms with E-state index in [4.69, 9.17) is 9.72 Å². The Morgan fingerprint density at radius 3 is 2.77 bits per heavy atom. The molecule has 1 saturated heterocycles. The Labute approximate surface area is 179 Å². The zero-order valence-corrected chi connectivity index (χ0v) is 18.1. The summed E-state index contributed by atoms with van der Waals surface area (Å²) in [6.45, 7) is 11.3. The van der Waals surface area contributed by atoms with Crippen molar-refractivity contribution in [3.8, 4) is 11.3 Å². The maximum absolute atomic E-state index is 9.99. The van der Waals surface area contributed by atoms with Crippen LogP contribution < -0.4 is 4.90 Å². The van der Waals surface area contributed by atoms with E-state index in [1.54, 1.807) is 0 Å². The predicted octanol–water partition coefficient (Wildman–Crippen LogP) is 4.91. The minimum Gasteiger partial charge on any atom is -0.472 e. The molecule has 1 aliphatic rings. The molecule has 5 nitrogen and oxygen atoms in total. The molecule has 1 aromatic heterocycles. The summed E-state index contributed by atoms with van der Waals surface area (Å²) in [6, 6.07) is 12.4. The van der Waals surface area contributed by atoms with Crippen molar-refractivity contribution in [1.82, 2.24) is 4.98 Å². The summed E-state index contributed by atoms with van der Waals surface area (Å²) in [5.74, 6) is 0.537. The predicted molar refractivity (Wildman–Crippen MR) is 124 cm³/mol. The highest BCUT2D eigenvalue weighted by Crippen LogP contribution is 2.30. The maximum atomic E-state index is 9.99. The molecule has 0 aliphatic carbocycles. The first-order chi connectivity index (χ1) is 14.5. The average molecular weight is 406 g/mol. The quantitative estimate of drug-likeness (QED) is 0.385. The number of aliphatic hydroxyl groups is 1. The van der Waals surface area contributed by atoms with Gasteiger partial charge in [0.15, 0.2) is 0 Å². The lowest BCUT2D eigenvalue weighted by atomic mass is 10.0. The number of allylic oxidation sites excluding steroid dienone is 3. The molecular formula is C25H31N3O2. The third kappa shape index (κ3) is 5.16. The van der Waals surface area contributed by atoms with E-state index in [0.29, 0.717) is 11.6 Å². The van der Waals surface area contributed by atoms with Crippen LogP contribution in [0.4, 0.5) is 5.69 Å². The topological polar surface area (TPSA) is 58.0 Å². The number of ether oxygens (including phenoxy) is 1. The Morgan fingerprint density at radius 2 is 2.07 bits per heavy atom. The van der Waals surface area contributed by atoms with Gasteiger partial charge in [0.25, 0.3) is 0 Å². The number of anilines is 1. The Bertz CT molecular complexity index is 945. The molecule has 0 spiro atoms. The van der Waals surface area contributed by atoms with E-state index >= 15 is 0 Å². The summed E-state index contributed by atoms with van der Waals surface area (Å²) < 4.78 is 6.02. The summed E-state index contributed by atoms with van der Waals surface area (Å²) in [4.78, 5) is 11.0. The zero-order chi connectivity index (χ0) is 21.5. The second kappa shape index (κ2) is 10.2. The molecule has 1 aliphatic heterocycles. The molecule has 1 atom stereocenters. The highest BCUT2D eigenvalue weighted by molar-refractivity contribution is 5.67. The van der Waals surface area contributed by atoms with Gasteiger partial charge in [-0.3, -0.25) is 0 Å². The summed E-state index contributed by atoms with van der Waals surface area (Å²) in [5, 5.41) is 9.99. The van der Waals surface area contributed by atoms with Gasteiger partial charge in [0, 0.05) is 24.6 Å². The van der Waals surface area contributed by atoms with Crippen molar-refractivity contribution in [2.24, 2.45) is 4.99 Å².